The Labute approximate surface area is 146 Å². The normalized spacial score (nSPS) is 15.0. The summed E-state index contributed by atoms with van der Waals surface area (Å²) in [4.78, 5) is 14.1. The summed E-state index contributed by atoms with van der Waals surface area (Å²) in [6.45, 7) is 6.21. The van der Waals surface area contributed by atoms with Crippen LogP contribution in [-0.2, 0) is 4.79 Å². The molecule has 1 amide bonds. The van der Waals surface area contributed by atoms with Crippen LogP contribution in [0.2, 0.25) is 0 Å². The SMILES string of the molecule is Cl.O=C(CCOc1cccc(Br)c1)NCCN1CCNCC1. The highest BCUT2D eigenvalue weighted by Gasteiger charge is 2.09. The predicted octanol–water partition coefficient (Wildman–Crippen LogP) is 1.66. The van der Waals surface area contributed by atoms with Gasteiger partial charge < -0.3 is 15.4 Å². The fourth-order valence-electron chi connectivity index (χ4n) is 2.19. The molecule has 2 rings (SSSR count). The molecule has 1 aromatic carbocycles. The minimum absolute atomic E-state index is 0. The standard InChI is InChI=1S/C15H22BrN3O2.ClH/c16-13-2-1-3-14(12-13)21-11-4-15(20)18-7-10-19-8-5-17-6-9-19;/h1-3,12,17H,4-11H2,(H,18,20);1H. The molecule has 0 saturated carbocycles. The fraction of sp³-hybridized carbons (Fsp3) is 0.533. The third-order valence-electron chi connectivity index (χ3n) is 3.35. The van der Waals surface area contributed by atoms with Crippen LogP contribution in [0.4, 0.5) is 0 Å². The maximum Gasteiger partial charge on any atom is 0.223 e. The second-order valence-electron chi connectivity index (χ2n) is 5.00. The summed E-state index contributed by atoms with van der Waals surface area (Å²) < 4.78 is 6.52. The summed E-state index contributed by atoms with van der Waals surface area (Å²) in [7, 11) is 0. The fourth-order valence-corrected chi connectivity index (χ4v) is 2.57. The lowest BCUT2D eigenvalue weighted by Crippen LogP contribution is -2.46. The van der Waals surface area contributed by atoms with Crippen molar-refractivity contribution in [2.45, 2.75) is 6.42 Å². The minimum atomic E-state index is 0. The molecular formula is C15H23BrClN3O2. The summed E-state index contributed by atoms with van der Waals surface area (Å²) in [6, 6.07) is 7.62. The zero-order chi connectivity index (χ0) is 14.9. The van der Waals surface area contributed by atoms with Crippen molar-refractivity contribution in [1.29, 1.82) is 0 Å². The molecule has 7 heteroatoms. The van der Waals surface area contributed by atoms with Crippen molar-refractivity contribution in [2.24, 2.45) is 0 Å². The molecule has 0 unspecified atom stereocenters. The van der Waals surface area contributed by atoms with Crippen LogP contribution in [0.5, 0.6) is 5.75 Å². The van der Waals surface area contributed by atoms with Crippen LogP contribution in [0.3, 0.4) is 0 Å². The lowest BCUT2D eigenvalue weighted by Gasteiger charge is -2.27. The number of nitrogens with zero attached hydrogens (tertiary/aromatic N) is 1. The molecule has 0 aliphatic carbocycles. The van der Waals surface area contributed by atoms with Gasteiger partial charge in [0, 0.05) is 43.7 Å². The van der Waals surface area contributed by atoms with Gasteiger partial charge in [0.15, 0.2) is 0 Å². The van der Waals surface area contributed by atoms with Gasteiger partial charge in [0.2, 0.25) is 5.91 Å². The molecular weight excluding hydrogens is 370 g/mol. The topological polar surface area (TPSA) is 53.6 Å². The average molecular weight is 393 g/mol. The number of carbonyl (C=O) groups is 1. The molecule has 124 valence electrons. The van der Waals surface area contributed by atoms with Crippen LogP contribution >= 0.6 is 28.3 Å². The van der Waals surface area contributed by atoms with Gasteiger partial charge in [0.25, 0.3) is 0 Å². The lowest BCUT2D eigenvalue weighted by atomic mass is 10.3. The van der Waals surface area contributed by atoms with Gasteiger partial charge in [-0.2, -0.15) is 0 Å². The van der Waals surface area contributed by atoms with Gasteiger partial charge in [-0.25, -0.2) is 0 Å². The maximum atomic E-state index is 11.7. The van der Waals surface area contributed by atoms with Crippen LogP contribution in [0.15, 0.2) is 28.7 Å². The van der Waals surface area contributed by atoms with Gasteiger partial charge in [-0.1, -0.05) is 22.0 Å². The van der Waals surface area contributed by atoms with Crippen molar-refractivity contribution >= 4 is 34.2 Å². The highest BCUT2D eigenvalue weighted by molar-refractivity contribution is 9.10. The van der Waals surface area contributed by atoms with Crippen LogP contribution < -0.4 is 15.4 Å². The van der Waals surface area contributed by atoms with Gasteiger partial charge in [-0.15, -0.1) is 12.4 Å². The first-order chi connectivity index (χ1) is 10.2. The largest absolute Gasteiger partial charge is 0.493 e. The summed E-state index contributed by atoms with van der Waals surface area (Å²) in [5.74, 6) is 0.818. The van der Waals surface area contributed by atoms with Gasteiger partial charge in [-0.3, -0.25) is 9.69 Å². The van der Waals surface area contributed by atoms with E-state index in [2.05, 4.69) is 31.5 Å². The number of nitrogens with one attached hydrogen (secondary N) is 2. The Morgan fingerprint density at radius 3 is 2.86 bits per heavy atom. The third kappa shape index (κ3) is 7.45. The highest BCUT2D eigenvalue weighted by atomic mass is 79.9. The van der Waals surface area contributed by atoms with E-state index < -0.39 is 0 Å². The van der Waals surface area contributed by atoms with E-state index in [9.17, 15) is 4.79 Å². The first-order valence-electron chi connectivity index (χ1n) is 7.32. The molecule has 0 atom stereocenters. The van der Waals surface area contributed by atoms with E-state index in [1.807, 2.05) is 24.3 Å². The molecule has 1 aliphatic heterocycles. The Hall–Kier alpha value is -0.820. The van der Waals surface area contributed by atoms with E-state index in [1.165, 1.54) is 0 Å². The molecule has 1 saturated heterocycles. The number of rotatable bonds is 7. The molecule has 0 aromatic heterocycles. The quantitative estimate of drug-likeness (QED) is 0.741. The number of halogens is 2. The number of carbonyl (C=O) groups excluding carboxylic acids is 1. The number of piperazine rings is 1. The van der Waals surface area contributed by atoms with Crippen LogP contribution in [0, 0.1) is 0 Å². The highest BCUT2D eigenvalue weighted by Crippen LogP contribution is 2.17. The summed E-state index contributed by atoms with van der Waals surface area (Å²) in [6.07, 6.45) is 0.383. The second kappa shape index (κ2) is 10.8. The zero-order valence-electron chi connectivity index (χ0n) is 12.5. The molecule has 2 N–H and O–H groups in total. The van der Waals surface area contributed by atoms with Crippen molar-refractivity contribution in [2.75, 3.05) is 45.9 Å². The Balaban J connectivity index is 0.00000242. The van der Waals surface area contributed by atoms with Gasteiger partial charge >= 0.3 is 0 Å². The summed E-state index contributed by atoms with van der Waals surface area (Å²) >= 11 is 3.39. The van der Waals surface area contributed by atoms with Gasteiger partial charge in [-0.05, 0) is 18.2 Å². The number of benzene rings is 1. The Morgan fingerprint density at radius 2 is 2.14 bits per heavy atom. The van der Waals surface area contributed by atoms with Crippen molar-refractivity contribution < 1.29 is 9.53 Å². The van der Waals surface area contributed by atoms with E-state index in [4.69, 9.17) is 4.74 Å². The molecule has 1 heterocycles. The molecule has 1 aromatic rings. The van der Waals surface area contributed by atoms with Crippen molar-refractivity contribution in [3.05, 3.63) is 28.7 Å². The number of hydrogen-bond acceptors (Lipinski definition) is 4. The van der Waals surface area contributed by atoms with Crippen LogP contribution in [0.25, 0.3) is 0 Å². The molecule has 5 nitrogen and oxygen atoms in total. The zero-order valence-corrected chi connectivity index (χ0v) is 14.9. The molecule has 22 heavy (non-hydrogen) atoms. The summed E-state index contributed by atoms with van der Waals surface area (Å²) in [5, 5.41) is 6.25. The summed E-state index contributed by atoms with van der Waals surface area (Å²) in [5.41, 5.74) is 0. The lowest BCUT2D eigenvalue weighted by molar-refractivity contribution is -0.121. The van der Waals surface area contributed by atoms with Gasteiger partial charge in [0.1, 0.15) is 5.75 Å². The number of hydrogen-bond donors (Lipinski definition) is 2. The molecule has 0 radical (unpaired) electrons. The Kier molecular flexibility index (Phi) is 9.47. The van der Waals surface area contributed by atoms with Crippen LogP contribution in [-0.4, -0.2) is 56.7 Å². The van der Waals surface area contributed by atoms with E-state index >= 15 is 0 Å². The van der Waals surface area contributed by atoms with Crippen molar-refractivity contribution in [1.82, 2.24) is 15.5 Å². The molecule has 0 spiro atoms. The monoisotopic (exact) mass is 391 g/mol. The van der Waals surface area contributed by atoms with Crippen molar-refractivity contribution in [3.8, 4) is 5.75 Å². The van der Waals surface area contributed by atoms with E-state index in [1.54, 1.807) is 0 Å². The Morgan fingerprint density at radius 1 is 1.36 bits per heavy atom. The van der Waals surface area contributed by atoms with Crippen LogP contribution in [0.1, 0.15) is 6.42 Å². The molecule has 1 aliphatic rings. The molecule has 1 fully saturated rings. The smallest absolute Gasteiger partial charge is 0.223 e. The van der Waals surface area contributed by atoms with E-state index in [0.29, 0.717) is 19.6 Å². The first kappa shape index (κ1) is 19.2. The minimum Gasteiger partial charge on any atom is -0.493 e. The third-order valence-corrected chi connectivity index (χ3v) is 3.85. The first-order valence-corrected chi connectivity index (χ1v) is 8.11. The van der Waals surface area contributed by atoms with Gasteiger partial charge in [0.05, 0.1) is 13.0 Å². The van der Waals surface area contributed by atoms with Crippen molar-refractivity contribution in [3.63, 3.8) is 0 Å². The average Bonchev–Trinajstić information content (AvgIpc) is 2.48. The number of ether oxygens (including phenoxy) is 1. The number of amides is 1. The maximum absolute atomic E-state index is 11.7. The Bertz CT molecular complexity index is 456. The molecule has 0 bridgehead atoms. The predicted molar refractivity (Wildman–Crippen MR) is 93.8 cm³/mol. The van der Waals surface area contributed by atoms with E-state index in [0.717, 1.165) is 42.9 Å². The van der Waals surface area contributed by atoms with E-state index in [-0.39, 0.29) is 18.3 Å². The second-order valence-corrected chi connectivity index (χ2v) is 5.91.